The Morgan fingerprint density at radius 1 is 1.00 bits per heavy atom. The second-order valence-electron chi connectivity index (χ2n) is 4.46. The molecule has 0 saturated carbocycles. The summed E-state index contributed by atoms with van der Waals surface area (Å²) in [6.07, 6.45) is 0. The van der Waals surface area contributed by atoms with Crippen LogP contribution in [0.25, 0.3) is 17.1 Å². The van der Waals surface area contributed by atoms with Gasteiger partial charge in [0.15, 0.2) is 5.82 Å². The molecule has 3 rings (SSSR count). The van der Waals surface area contributed by atoms with Crippen LogP contribution in [0.4, 0.5) is 4.39 Å². The van der Waals surface area contributed by atoms with E-state index in [1.54, 1.807) is 16.8 Å². The van der Waals surface area contributed by atoms with Crippen molar-refractivity contribution in [1.29, 1.82) is 0 Å². The van der Waals surface area contributed by atoms with E-state index in [4.69, 9.17) is 11.6 Å². The second-order valence-corrected chi connectivity index (χ2v) is 4.80. The minimum absolute atomic E-state index is 0.157. The van der Waals surface area contributed by atoms with E-state index in [0.717, 1.165) is 11.1 Å². The number of halogens is 2. The van der Waals surface area contributed by atoms with Crippen molar-refractivity contribution in [2.75, 3.05) is 0 Å². The van der Waals surface area contributed by atoms with E-state index >= 15 is 0 Å². The number of rotatable bonds is 2. The van der Waals surface area contributed by atoms with E-state index in [-0.39, 0.29) is 11.1 Å². The van der Waals surface area contributed by atoms with Crippen LogP contribution in [0, 0.1) is 12.7 Å². The van der Waals surface area contributed by atoms with Gasteiger partial charge in [0.25, 0.3) is 0 Å². The van der Waals surface area contributed by atoms with Gasteiger partial charge in [0.05, 0.1) is 5.69 Å². The van der Waals surface area contributed by atoms with Crippen molar-refractivity contribution in [2.24, 2.45) is 0 Å². The van der Waals surface area contributed by atoms with Gasteiger partial charge in [-0.1, -0.05) is 29.8 Å². The van der Waals surface area contributed by atoms with Crippen molar-refractivity contribution in [3.8, 4) is 17.1 Å². The van der Waals surface area contributed by atoms with Crippen LogP contribution in [0.15, 0.2) is 48.5 Å². The quantitative estimate of drug-likeness (QED) is 0.712. The van der Waals surface area contributed by atoms with E-state index in [1.807, 2.05) is 31.2 Å². The SMILES string of the molecule is Cc1ccc(-c2nc(Cl)nn2-c2ccc(F)cc2)cc1. The Kier molecular flexibility index (Phi) is 3.24. The average Bonchev–Trinajstić information content (AvgIpc) is 2.82. The Balaban J connectivity index is 2.12. The summed E-state index contributed by atoms with van der Waals surface area (Å²) in [5, 5.41) is 4.32. The number of hydrogen-bond donors (Lipinski definition) is 0. The summed E-state index contributed by atoms with van der Waals surface area (Å²) in [4.78, 5) is 4.23. The summed E-state index contributed by atoms with van der Waals surface area (Å²) in [5.41, 5.74) is 2.77. The highest BCUT2D eigenvalue weighted by atomic mass is 35.5. The van der Waals surface area contributed by atoms with Crippen molar-refractivity contribution in [1.82, 2.24) is 14.8 Å². The maximum atomic E-state index is 13.0. The van der Waals surface area contributed by atoms with Gasteiger partial charge < -0.3 is 0 Å². The fourth-order valence-corrected chi connectivity index (χ4v) is 2.09. The summed E-state index contributed by atoms with van der Waals surface area (Å²) in [5.74, 6) is 0.332. The predicted octanol–water partition coefficient (Wildman–Crippen LogP) is 4.04. The molecule has 0 radical (unpaired) electrons. The molecule has 0 aliphatic rings. The average molecular weight is 288 g/mol. The van der Waals surface area contributed by atoms with Gasteiger partial charge >= 0.3 is 0 Å². The van der Waals surface area contributed by atoms with Crippen LogP contribution in [0.1, 0.15) is 5.56 Å². The van der Waals surface area contributed by atoms with Crippen LogP contribution < -0.4 is 0 Å². The molecule has 0 amide bonds. The van der Waals surface area contributed by atoms with Crippen molar-refractivity contribution in [3.05, 3.63) is 65.2 Å². The first-order chi connectivity index (χ1) is 9.63. The highest BCUT2D eigenvalue weighted by Crippen LogP contribution is 2.23. The zero-order valence-electron chi connectivity index (χ0n) is 10.7. The van der Waals surface area contributed by atoms with Crippen LogP contribution in [-0.4, -0.2) is 14.8 Å². The fraction of sp³-hybridized carbons (Fsp3) is 0.0667. The number of benzene rings is 2. The van der Waals surface area contributed by atoms with Crippen LogP contribution in [0.2, 0.25) is 5.28 Å². The molecule has 100 valence electrons. The molecule has 0 aliphatic heterocycles. The first-order valence-electron chi connectivity index (χ1n) is 6.09. The summed E-state index contributed by atoms with van der Waals surface area (Å²) in [7, 11) is 0. The normalized spacial score (nSPS) is 10.8. The first-order valence-corrected chi connectivity index (χ1v) is 6.47. The van der Waals surface area contributed by atoms with Crippen LogP contribution in [0.5, 0.6) is 0 Å². The number of aryl methyl sites for hydroxylation is 1. The van der Waals surface area contributed by atoms with Gasteiger partial charge in [-0.05, 0) is 42.8 Å². The lowest BCUT2D eigenvalue weighted by molar-refractivity contribution is 0.627. The number of nitrogens with zero attached hydrogens (tertiary/aromatic N) is 3. The van der Waals surface area contributed by atoms with Gasteiger partial charge in [0.2, 0.25) is 5.28 Å². The zero-order chi connectivity index (χ0) is 14.1. The molecule has 2 aromatic carbocycles. The van der Waals surface area contributed by atoms with Gasteiger partial charge in [-0.15, -0.1) is 5.10 Å². The lowest BCUT2D eigenvalue weighted by Gasteiger charge is -2.06. The van der Waals surface area contributed by atoms with Crippen molar-refractivity contribution in [2.45, 2.75) is 6.92 Å². The minimum atomic E-state index is -0.295. The molecule has 0 aliphatic carbocycles. The molecular formula is C15H11ClFN3. The third kappa shape index (κ3) is 2.42. The van der Waals surface area contributed by atoms with E-state index in [2.05, 4.69) is 10.1 Å². The Bertz CT molecular complexity index is 670. The second kappa shape index (κ2) is 5.06. The molecule has 1 aromatic heterocycles. The fourth-order valence-electron chi connectivity index (χ4n) is 1.94. The molecule has 0 bridgehead atoms. The molecule has 1 heterocycles. The van der Waals surface area contributed by atoms with Crippen LogP contribution in [0.3, 0.4) is 0 Å². The largest absolute Gasteiger partial charge is 0.243 e. The smallest absolute Gasteiger partial charge is 0.212 e. The Labute approximate surface area is 120 Å². The molecule has 0 fully saturated rings. The summed E-state index contributed by atoms with van der Waals surface area (Å²) in [6.45, 7) is 2.02. The molecule has 0 unspecified atom stereocenters. The third-order valence-corrected chi connectivity index (χ3v) is 3.12. The van der Waals surface area contributed by atoms with Crippen LogP contribution >= 0.6 is 11.6 Å². The molecule has 20 heavy (non-hydrogen) atoms. The Morgan fingerprint density at radius 2 is 1.65 bits per heavy atom. The molecule has 0 atom stereocenters. The minimum Gasteiger partial charge on any atom is -0.212 e. The molecule has 3 aromatic rings. The maximum absolute atomic E-state index is 13.0. The molecular weight excluding hydrogens is 277 g/mol. The molecule has 0 spiro atoms. The van der Waals surface area contributed by atoms with Crippen molar-refractivity contribution < 1.29 is 4.39 Å². The number of aromatic nitrogens is 3. The van der Waals surface area contributed by atoms with Gasteiger partial charge in [0, 0.05) is 5.56 Å². The van der Waals surface area contributed by atoms with E-state index in [0.29, 0.717) is 11.5 Å². The molecule has 0 N–H and O–H groups in total. The zero-order valence-corrected chi connectivity index (χ0v) is 11.5. The van der Waals surface area contributed by atoms with Crippen LogP contribution in [-0.2, 0) is 0 Å². The van der Waals surface area contributed by atoms with E-state index in [9.17, 15) is 4.39 Å². The van der Waals surface area contributed by atoms with Crippen molar-refractivity contribution in [3.63, 3.8) is 0 Å². The molecule has 5 heteroatoms. The first kappa shape index (κ1) is 12.8. The van der Waals surface area contributed by atoms with Crippen molar-refractivity contribution >= 4 is 11.6 Å². The van der Waals surface area contributed by atoms with Gasteiger partial charge in [-0.2, -0.15) is 4.98 Å². The summed E-state index contributed by atoms with van der Waals surface area (Å²) < 4.78 is 14.6. The highest BCUT2D eigenvalue weighted by molar-refractivity contribution is 6.28. The highest BCUT2D eigenvalue weighted by Gasteiger charge is 2.12. The van der Waals surface area contributed by atoms with Gasteiger partial charge in [-0.3, -0.25) is 0 Å². The monoisotopic (exact) mass is 287 g/mol. The maximum Gasteiger partial charge on any atom is 0.243 e. The number of hydrogen-bond acceptors (Lipinski definition) is 2. The molecule has 3 nitrogen and oxygen atoms in total. The Hall–Kier alpha value is -2.20. The topological polar surface area (TPSA) is 30.7 Å². The van der Waals surface area contributed by atoms with E-state index < -0.39 is 0 Å². The predicted molar refractivity (Wildman–Crippen MR) is 76.5 cm³/mol. The lowest BCUT2D eigenvalue weighted by atomic mass is 10.1. The molecule has 0 saturated heterocycles. The summed E-state index contributed by atoms with van der Waals surface area (Å²) in [6, 6.07) is 13.9. The summed E-state index contributed by atoms with van der Waals surface area (Å²) >= 11 is 5.91. The third-order valence-electron chi connectivity index (χ3n) is 2.96. The van der Waals surface area contributed by atoms with Gasteiger partial charge in [0.1, 0.15) is 5.82 Å². The lowest BCUT2D eigenvalue weighted by Crippen LogP contribution is -1.99. The van der Waals surface area contributed by atoms with E-state index in [1.165, 1.54) is 12.1 Å². The standard InChI is InChI=1S/C15H11ClFN3/c1-10-2-4-11(5-3-10)14-18-15(16)19-20(14)13-8-6-12(17)7-9-13/h2-9H,1H3. The van der Waals surface area contributed by atoms with Gasteiger partial charge in [-0.25, -0.2) is 9.07 Å². The Morgan fingerprint density at radius 3 is 2.30 bits per heavy atom.